The fourth-order valence-electron chi connectivity index (χ4n) is 0.933. The van der Waals surface area contributed by atoms with Gasteiger partial charge in [0, 0.05) is 0 Å². The molecule has 0 amide bonds. The largest absolute Gasteiger partial charge is 0.320 e. The van der Waals surface area contributed by atoms with Gasteiger partial charge >= 0.3 is 0 Å². The molecule has 1 N–H and O–H groups in total. The van der Waals surface area contributed by atoms with Crippen LogP contribution in [0, 0.1) is 5.92 Å². The first-order chi connectivity index (χ1) is 7.60. The van der Waals surface area contributed by atoms with Crippen LogP contribution in [0.1, 0.15) is 80.1 Å². The minimum Gasteiger partial charge on any atom is -0.320 e. The molecule has 0 unspecified atom stereocenters. The molecular weight excluding hydrogens is 194 g/mol. The van der Waals surface area contributed by atoms with Crippen molar-refractivity contribution in [2.45, 2.75) is 80.1 Å². The monoisotopic (exact) mass is 231 g/mol. The van der Waals surface area contributed by atoms with E-state index in [-0.39, 0.29) is 0 Å². The van der Waals surface area contributed by atoms with Gasteiger partial charge in [0.25, 0.3) is 0 Å². The zero-order valence-electron chi connectivity index (χ0n) is 13.0. The highest BCUT2D eigenvalue weighted by Crippen LogP contribution is 1.95. The van der Waals surface area contributed by atoms with Crippen LogP contribution in [0.3, 0.4) is 0 Å². The summed E-state index contributed by atoms with van der Waals surface area (Å²) in [4.78, 5) is 0. The molecule has 1 heteroatoms. The Kier molecular flexibility index (Phi) is 32.3. The quantitative estimate of drug-likeness (QED) is 0.615. The number of rotatable bonds is 6. The van der Waals surface area contributed by atoms with Crippen LogP contribution in [0.2, 0.25) is 0 Å². The van der Waals surface area contributed by atoms with E-state index in [4.69, 9.17) is 0 Å². The molecule has 16 heavy (non-hydrogen) atoms. The lowest BCUT2D eigenvalue weighted by Crippen LogP contribution is -2.09. The molecule has 0 aromatic rings. The maximum Gasteiger partial charge on any atom is -0.00495 e. The summed E-state index contributed by atoms with van der Waals surface area (Å²) >= 11 is 0. The summed E-state index contributed by atoms with van der Waals surface area (Å²) in [7, 11) is 1.99. The normalized spacial score (nSPS) is 9.00. The van der Waals surface area contributed by atoms with Crippen molar-refractivity contribution in [2.24, 2.45) is 5.92 Å². The fraction of sp³-hybridized carbons (Fsp3) is 1.00. The highest BCUT2D eigenvalue weighted by atomic mass is 14.8. The lowest BCUT2D eigenvalue weighted by molar-refractivity contribution is 0.562. The Hall–Kier alpha value is -0.0400. The van der Waals surface area contributed by atoms with Gasteiger partial charge in [0.2, 0.25) is 0 Å². The predicted octanol–water partition coefficient (Wildman–Crippen LogP) is 5.25. The Bertz CT molecular complexity index is 75.5. The van der Waals surface area contributed by atoms with Gasteiger partial charge in [-0.05, 0) is 25.9 Å². The molecule has 0 heterocycles. The predicted molar refractivity (Wildman–Crippen MR) is 79.2 cm³/mol. The van der Waals surface area contributed by atoms with Crippen molar-refractivity contribution in [2.75, 3.05) is 13.6 Å². The molecule has 0 aromatic heterocycles. The average molecular weight is 231 g/mol. The van der Waals surface area contributed by atoms with Crippen molar-refractivity contribution in [3.63, 3.8) is 0 Å². The van der Waals surface area contributed by atoms with Crippen molar-refractivity contribution in [1.29, 1.82) is 0 Å². The first-order valence-corrected chi connectivity index (χ1v) is 7.24. The van der Waals surface area contributed by atoms with Crippen molar-refractivity contribution in [3.05, 3.63) is 0 Å². The summed E-state index contributed by atoms with van der Waals surface area (Å²) in [5, 5.41) is 3.10. The summed E-state index contributed by atoms with van der Waals surface area (Å²) in [6, 6.07) is 0. The van der Waals surface area contributed by atoms with Gasteiger partial charge in [-0.1, -0.05) is 73.6 Å². The van der Waals surface area contributed by atoms with Gasteiger partial charge in [-0.3, -0.25) is 0 Å². The Labute approximate surface area is 105 Å². The van der Waals surface area contributed by atoms with Crippen LogP contribution in [-0.2, 0) is 0 Å². The second-order valence-corrected chi connectivity index (χ2v) is 4.70. The van der Waals surface area contributed by atoms with Crippen LogP contribution in [0.15, 0.2) is 0 Å². The van der Waals surface area contributed by atoms with Crippen molar-refractivity contribution in [1.82, 2.24) is 5.32 Å². The summed E-state index contributed by atoms with van der Waals surface area (Å²) in [6.45, 7) is 14.3. The first kappa shape index (κ1) is 21.3. The first-order valence-electron chi connectivity index (χ1n) is 7.24. The van der Waals surface area contributed by atoms with Crippen LogP contribution in [0.5, 0.6) is 0 Å². The van der Waals surface area contributed by atoms with Crippen LogP contribution in [0.25, 0.3) is 0 Å². The number of hydrogen-bond acceptors (Lipinski definition) is 1. The number of unbranched alkanes of at least 4 members (excludes halogenated alkanes) is 3. The molecule has 0 fully saturated rings. The zero-order chi connectivity index (χ0) is 13.2. The van der Waals surface area contributed by atoms with Gasteiger partial charge in [-0.2, -0.15) is 0 Å². The van der Waals surface area contributed by atoms with E-state index in [1.807, 2.05) is 7.05 Å². The van der Waals surface area contributed by atoms with E-state index in [0.717, 1.165) is 12.5 Å². The Balaban J connectivity index is -0.000000172. The minimum absolute atomic E-state index is 0.840. The maximum atomic E-state index is 3.10. The van der Waals surface area contributed by atoms with Crippen LogP contribution in [-0.4, -0.2) is 13.6 Å². The topological polar surface area (TPSA) is 12.0 Å². The summed E-state index contributed by atoms with van der Waals surface area (Å²) < 4.78 is 0. The summed E-state index contributed by atoms with van der Waals surface area (Å²) in [6.07, 6.45) is 8.07. The van der Waals surface area contributed by atoms with E-state index in [0.29, 0.717) is 0 Å². The SMILES string of the molecule is CCC.CCCCCC.CNCCC(C)C. The molecule has 0 aliphatic carbocycles. The fourth-order valence-corrected chi connectivity index (χ4v) is 0.933. The molecule has 102 valence electrons. The second-order valence-electron chi connectivity index (χ2n) is 4.70. The number of hydrogen-bond donors (Lipinski definition) is 1. The van der Waals surface area contributed by atoms with Crippen molar-refractivity contribution >= 4 is 0 Å². The van der Waals surface area contributed by atoms with Crippen LogP contribution < -0.4 is 5.32 Å². The molecule has 1 nitrogen and oxygen atoms in total. The molecule has 0 aliphatic heterocycles. The van der Waals surface area contributed by atoms with Gasteiger partial charge in [0.15, 0.2) is 0 Å². The maximum absolute atomic E-state index is 3.10. The Morgan fingerprint density at radius 1 is 0.875 bits per heavy atom. The third-order valence-corrected chi connectivity index (χ3v) is 1.93. The van der Waals surface area contributed by atoms with E-state index in [2.05, 4.69) is 46.9 Å². The van der Waals surface area contributed by atoms with E-state index < -0.39 is 0 Å². The molecule has 0 spiro atoms. The number of nitrogens with one attached hydrogen (secondary N) is 1. The van der Waals surface area contributed by atoms with Gasteiger partial charge in [0.05, 0.1) is 0 Å². The minimum atomic E-state index is 0.840. The summed E-state index contributed by atoms with van der Waals surface area (Å²) in [5.41, 5.74) is 0. The molecule has 0 rings (SSSR count). The van der Waals surface area contributed by atoms with Crippen LogP contribution in [0.4, 0.5) is 0 Å². The van der Waals surface area contributed by atoms with E-state index >= 15 is 0 Å². The molecule has 0 saturated carbocycles. The lowest BCUT2D eigenvalue weighted by atomic mass is 10.1. The molecule has 0 bridgehead atoms. The summed E-state index contributed by atoms with van der Waals surface area (Å²) in [5.74, 6) is 0.840. The molecule has 0 radical (unpaired) electrons. The van der Waals surface area contributed by atoms with E-state index in [9.17, 15) is 0 Å². The highest BCUT2D eigenvalue weighted by molar-refractivity contribution is 4.45. The molecular formula is C15H37N. The Morgan fingerprint density at radius 3 is 1.38 bits per heavy atom. The molecule has 0 aromatic carbocycles. The smallest absolute Gasteiger partial charge is 0.00495 e. The average Bonchev–Trinajstić information content (AvgIpc) is 2.25. The molecule has 0 aliphatic rings. The van der Waals surface area contributed by atoms with E-state index in [1.165, 1.54) is 38.5 Å². The highest BCUT2D eigenvalue weighted by Gasteiger charge is 1.88. The zero-order valence-corrected chi connectivity index (χ0v) is 13.0. The third kappa shape index (κ3) is 48.4. The van der Waals surface area contributed by atoms with Gasteiger partial charge < -0.3 is 5.32 Å². The Morgan fingerprint density at radius 2 is 1.25 bits per heavy atom. The van der Waals surface area contributed by atoms with Crippen molar-refractivity contribution in [3.8, 4) is 0 Å². The van der Waals surface area contributed by atoms with Gasteiger partial charge in [-0.25, -0.2) is 0 Å². The standard InChI is InChI=1S/C6H15N.C6H14.C3H8/c1-6(2)4-5-7-3;1-3-5-6-4-2;1-3-2/h6-7H,4-5H2,1-3H3;3-6H2,1-2H3;3H2,1-2H3. The van der Waals surface area contributed by atoms with Gasteiger partial charge in [-0.15, -0.1) is 0 Å². The van der Waals surface area contributed by atoms with Crippen LogP contribution >= 0.6 is 0 Å². The molecule has 0 atom stereocenters. The van der Waals surface area contributed by atoms with Crippen molar-refractivity contribution < 1.29 is 0 Å². The van der Waals surface area contributed by atoms with Gasteiger partial charge in [0.1, 0.15) is 0 Å². The van der Waals surface area contributed by atoms with E-state index in [1.54, 1.807) is 0 Å². The lowest BCUT2D eigenvalue weighted by Gasteiger charge is -2.00. The molecule has 0 saturated heterocycles. The second kappa shape index (κ2) is 24.3. The third-order valence-electron chi connectivity index (χ3n) is 1.93.